The number of anilines is 1. The number of benzene rings is 2. The molecule has 0 saturated heterocycles. The first-order chi connectivity index (χ1) is 13.5. The van der Waals surface area contributed by atoms with Crippen molar-refractivity contribution in [2.24, 2.45) is 0 Å². The molecule has 5 nitrogen and oxygen atoms in total. The zero-order chi connectivity index (χ0) is 20.4. The van der Waals surface area contributed by atoms with Gasteiger partial charge in [0.2, 0.25) is 5.91 Å². The van der Waals surface area contributed by atoms with Crippen LogP contribution in [0.5, 0.6) is 0 Å². The lowest BCUT2D eigenvalue weighted by atomic mass is 10.1. The molecule has 0 aromatic heterocycles. The number of hydrogen-bond acceptors (Lipinski definition) is 3. The number of amides is 2. The number of hydrogen-bond donors (Lipinski definition) is 2. The van der Waals surface area contributed by atoms with Gasteiger partial charge in [-0.3, -0.25) is 14.5 Å². The Kier molecular flexibility index (Phi) is 8.69. The quantitative estimate of drug-likeness (QED) is 0.647. The van der Waals surface area contributed by atoms with Crippen molar-refractivity contribution in [3.05, 3.63) is 65.7 Å². The molecule has 28 heavy (non-hydrogen) atoms. The summed E-state index contributed by atoms with van der Waals surface area (Å²) in [4.78, 5) is 27.4. The van der Waals surface area contributed by atoms with Gasteiger partial charge < -0.3 is 10.6 Å². The number of nitrogens with zero attached hydrogens (tertiary/aromatic N) is 1. The van der Waals surface area contributed by atoms with Crippen LogP contribution >= 0.6 is 0 Å². The molecule has 0 saturated carbocycles. The molecule has 0 fully saturated rings. The molecular weight excluding hydrogens is 350 g/mol. The fraction of sp³-hybridized carbons (Fsp3) is 0.391. The second kappa shape index (κ2) is 11.2. The maximum absolute atomic E-state index is 12.8. The summed E-state index contributed by atoms with van der Waals surface area (Å²) in [7, 11) is 0. The maximum atomic E-state index is 12.8. The van der Waals surface area contributed by atoms with E-state index in [-0.39, 0.29) is 17.9 Å². The zero-order valence-electron chi connectivity index (χ0n) is 17.1. The van der Waals surface area contributed by atoms with E-state index in [0.717, 1.165) is 31.5 Å². The minimum absolute atomic E-state index is 0.102. The zero-order valence-corrected chi connectivity index (χ0v) is 17.1. The van der Waals surface area contributed by atoms with Crippen LogP contribution < -0.4 is 10.6 Å². The Bertz CT molecular complexity index is 761. The molecule has 2 amide bonds. The van der Waals surface area contributed by atoms with Crippen molar-refractivity contribution in [2.45, 2.75) is 39.7 Å². The first-order valence-electron chi connectivity index (χ1n) is 10.0. The highest BCUT2D eigenvalue weighted by Crippen LogP contribution is 2.18. The molecule has 2 aromatic carbocycles. The Labute approximate surface area is 168 Å². The summed E-state index contributed by atoms with van der Waals surface area (Å²) in [5, 5.41) is 5.91. The Balaban J connectivity index is 2.03. The number of para-hydroxylation sites is 1. The van der Waals surface area contributed by atoms with Gasteiger partial charge >= 0.3 is 0 Å². The molecule has 5 heteroatoms. The third kappa shape index (κ3) is 6.50. The molecule has 2 N–H and O–H groups in total. The molecule has 0 aliphatic rings. The molecule has 1 unspecified atom stereocenters. The Morgan fingerprint density at radius 2 is 1.68 bits per heavy atom. The van der Waals surface area contributed by atoms with E-state index in [1.54, 1.807) is 18.2 Å². The lowest BCUT2D eigenvalue weighted by molar-refractivity contribution is -0.117. The molecule has 0 radical (unpaired) electrons. The van der Waals surface area contributed by atoms with Crippen molar-refractivity contribution in [3.63, 3.8) is 0 Å². The van der Waals surface area contributed by atoms with Gasteiger partial charge in [0, 0.05) is 0 Å². The van der Waals surface area contributed by atoms with Crippen LogP contribution in [0.15, 0.2) is 54.6 Å². The molecule has 150 valence electrons. The standard InChI is InChI=1S/C23H31N3O2/c1-4-6-16-26(5-2)17-22(27)25-21-15-11-10-14-20(21)23(28)24-18(3)19-12-8-7-9-13-19/h7-15,18H,4-6,16-17H2,1-3H3,(H,24,28)(H,25,27). The average molecular weight is 382 g/mol. The molecule has 2 aromatic rings. The van der Waals surface area contributed by atoms with Crippen LogP contribution in [0.3, 0.4) is 0 Å². The van der Waals surface area contributed by atoms with Crippen molar-refractivity contribution < 1.29 is 9.59 Å². The number of rotatable bonds is 10. The minimum atomic E-state index is -0.203. The summed E-state index contributed by atoms with van der Waals surface area (Å²) in [6.45, 7) is 8.18. The van der Waals surface area contributed by atoms with E-state index in [9.17, 15) is 9.59 Å². The monoisotopic (exact) mass is 381 g/mol. The average Bonchev–Trinajstić information content (AvgIpc) is 2.72. The van der Waals surface area contributed by atoms with E-state index in [4.69, 9.17) is 0 Å². The van der Waals surface area contributed by atoms with Gasteiger partial charge in [-0.1, -0.05) is 62.7 Å². The van der Waals surface area contributed by atoms with Crippen LogP contribution in [-0.2, 0) is 4.79 Å². The molecule has 2 rings (SSSR count). The van der Waals surface area contributed by atoms with Crippen LogP contribution in [0, 0.1) is 0 Å². The van der Waals surface area contributed by atoms with Crippen molar-refractivity contribution >= 4 is 17.5 Å². The van der Waals surface area contributed by atoms with Gasteiger partial charge in [-0.15, -0.1) is 0 Å². The predicted molar refractivity (Wildman–Crippen MR) is 114 cm³/mol. The number of carbonyl (C=O) groups excluding carboxylic acids is 2. The van der Waals surface area contributed by atoms with Gasteiger partial charge in [-0.05, 0) is 44.1 Å². The van der Waals surface area contributed by atoms with E-state index in [1.807, 2.05) is 43.3 Å². The molecule has 0 aliphatic carbocycles. The molecule has 0 aliphatic heterocycles. The Hall–Kier alpha value is -2.66. The van der Waals surface area contributed by atoms with Crippen molar-refractivity contribution in [1.82, 2.24) is 10.2 Å². The molecule has 0 heterocycles. The lowest BCUT2D eigenvalue weighted by Crippen LogP contribution is -2.34. The highest BCUT2D eigenvalue weighted by molar-refractivity contribution is 6.04. The van der Waals surface area contributed by atoms with E-state index in [0.29, 0.717) is 17.8 Å². The van der Waals surface area contributed by atoms with Crippen LogP contribution in [-0.4, -0.2) is 36.3 Å². The normalized spacial score (nSPS) is 11.9. The topological polar surface area (TPSA) is 61.4 Å². The van der Waals surface area contributed by atoms with Crippen LogP contribution in [0.25, 0.3) is 0 Å². The van der Waals surface area contributed by atoms with Crippen LogP contribution in [0.2, 0.25) is 0 Å². The molecule has 1 atom stereocenters. The van der Waals surface area contributed by atoms with Crippen molar-refractivity contribution in [1.29, 1.82) is 0 Å². The summed E-state index contributed by atoms with van der Waals surface area (Å²) in [5.74, 6) is -0.306. The first-order valence-corrected chi connectivity index (χ1v) is 10.0. The van der Waals surface area contributed by atoms with E-state index in [1.165, 1.54) is 0 Å². The second-order valence-corrected chi connectivity index (χ2v) is 6.92. The summed E-state index contributed by atoms with van der Waals surface area (Å²) in [6.07, 6.45) is 2.16. The van der Waals surface area contributed by atoms with E-state index < -0.39 is 0 Å². The fourth-order valence-electron chi connectivity index (χ4n) is 3.01. The minimum Gasteiger partial charge on any atom is -0.345 e. The van der Waals surface area contributed by atoms with Gasteiger partial charge in [-0.25, -0.2) is 0 Å². The molecular formula is C23H31N3O2. The van der Waals surface area contributed by atoms with Gasteiger partial charge in [-0.2, -0.15) is 0 Å². The summed E-state index contributed by atoms with van der Waals surface area (Å²) >= 11 is 0. The summed E-state index contributed by atoms with van der Waals surface area (Å²) < 4.78 is 0. The summed E-state index contributed by atoms with van der Waals surface area (Å²) in [5.41, 5.74) is 2.04. The second-order valence-electron chi connectivity index (χ2n) is 6.92. The molecule has 0 spiro atoms. The third-order valence-electron chi connectivity index (χ3n) is 4.74. The van der Waals surface area contributed by atoms with Crippen molar-refractivity contribution in [2.75, 3.05) is 25.0 Å². The number of unbranched alkanes of at least 4 members (excludes halogenated alkanes) is 1. The van der Waals surface area contributed by atoms with Crippen LogP contribution in [0.4, 0.5) is 5.69 Å². The van der Waals surface area contributed by atoms with E-state index in [2.05, 4.69) is 29.4 Å². The molecule has 0 bridgehead atoms. The SMILES string of the molecule is CCCCN(CC)CC(=O)Nc1ccccc1C(=O)NC(C)c1ccccc1. The Morgan fingerprint density at radius 1 is 1.00 bits per heavy atom. The fourth-order valence-corrected chi connectivity index (χ4v) is 3.01. The Morgan fingerprint density at radius 3 is 2.36 bits per heavy atom. The number of carbonyl (C=O) groups is 2. The highest BCUT2D eigenvalue weighted by Gasteiger charge is 2.16. The van der Waals surface area contributed by atoms with Gasteiger partial charge in [0.1, 0.15) is 0 Å². The first kappa shape index (κ1) is 21.6. The third-order valence-corrected chi connectivity index (χ3v) is 4.74. The van der Waals surface area contributed by atoms with Crippen molar-refractivity contribution in [3.8, 4) is 0 Å². The largest absolute Gasteiger partial charge is 0.345 e. The lowest BCUT2D eigenvalue weighted by Gasteiger charge is -2.20. The van der Waals surface area contributed by atoms with Gasteiger partial charge in [0.25, 0.3) is 5.91 Å². The number of likely N-dealkylation sites (N-methyl/N-ethyl adjacent to an activating group) is 1. The number of nitrogens with one attached hydrogen (secondary N) is 2. The summed E-state index contributed by atoms with van der Waals surface area (Å²) in [6, 6.07) is 16.8. The van der Waals surface area contributed by atoms with Gasteiger partial charge in [0.15, 0.2) is 0 Å². The van der Waals surface area contributed by atoms with Gasteiger partial charge in [0.05, 0.1) is 23.8 Å². The van der Waals surface area contributed by atoms with E-state index >= 15 is 0 Å². The highest BCUT2D eigenvalue weighted by atomic mass is 16.2. The maximum Gasteiger partial charge on any atom is 0.253 e. The predicted octanol–water partition coefficient (Wildman–Crippen LogP) is 4.24. The smallest absolute Gasteiger partial charge is 0.253 e. The van der Waals surface area contributed by atoms with Crippen LogP contribution in [0.1, 0.15) is 55.6 Å².